The maximum Gasteiger partial charge on any atom is 0.336 e. The van der Waals surface area contributed by atoms with E-state index in [-0.39, 0.29) is 16.8 Å². The summed E-state index contributed by atoms with van der Waals surface area (Å²) in [7, 11) is 0. The first kappa shape index (κ1) is 14.1. The summed E-state index contributed by atoms with van der Waals surface area (Å²) in [5, 5.41) is 9.84. The largest absolute Gasteiger partial charge is 0.478 e. The number of para-hydroxylation sites is 1. The van der Waals surface area contributed by atoms with E-state index in [0.29, 0.717) is 10.9 Å². The van der Waals surface area contributed by atoms with Gasteiger partial charge in [-0.1, -0.05) is 18.2 Å². The van der Waals surface area contributed by atoms with E-state index < -0.39 is 17.6 Å². The molecule has 0 radical (unpaired) electrons. The Labute approximate surface area is 124 Å². The fourth-order valence-corrected chi connectivity index (χ4v) is 2.40. The molecule has 110 valence electrons. The molecule has 0 amide bonds. The van der Waals surface area contributed by atoms with Crippen LogP contribution in [0.4, 0.5) is 8.78 Å². The zero-order valence-electron chi connectivity index (χ0n) is 11.6. The van der Waals surface area contributed by atoms with Crippen LogP contribution in [0.2, 0.25) is 0 Å². The van der Waals surface area contributed by atoms with Crippen LogP contribution in [0, 0.1) is 18.6 Å². The lowest BCUT2D eigenvalue weighted by Crippen LogP contribution is -2.02. The number of carboxylic acid groups (broad SMARTS) is 1. The van der Waals surface area contributed by atoms with Gasteiger partial charge in [-0.2, -0.15) is 0 Å². The van der Waals surface area contributed by atoms with E-state index in [1.807, 2.05) is 0 Å². The summed E-state index contributed by atoms with van der Waals surface area (Å²) >= 11 is 0. The zero-order chi connectivity index (χ0) is 15.9. The predicted molar refractivity (Wildman–Crippen MR) is 78.8 cm³/mol. The van der Waals surface area contributed by atoms with Gasteiger partial charge >= 0.3 is 5.97 Å². The number of aromatic nitrogens is 1. The normalized spacial score (nSPS) is 10.9. The Morgan fingerprint density at radius 1 is 1.14 bits per heavy atom. The molecule has 0 aliphatic carbocycles. The van der Waals surface area contributed by atoms with Gasteiger partial charge in [0, 0.05) is 10.9 Å². The Bertz CT molecular complexity index is 907. The highest BCUT2D eigenvalue weighted by Crippen LogP contribution is 2.28. The van der Waals surface area contributed by atoms with Gasteiger partial charge in [-0.05, 0) is 36.8 Å². The third-order valence-corrected chi connectivity index (χ3v) is 3.48. The fourth-order valence-electron chi connectivity index (χ4n) is 2.40. The van der Waals surface area contributed by atoms with E-state index in [4.69, 9.17) is 0 Å². The number of rotatable bonds is 2. The van der Waals surface area contributed by atoms with E-state index in [1.54, 1.807) is 25.1 Å². The number of carboxylic acids is 1. The number of halogens is 2. The third kappa shape index (κ3) is 2.30. The molecule has 3 nitrogen and oxygen atoms in total. The number of carbonyl (C=O) groups is 1. The van der Waals surface area contributed by atoms with Gasteiger partial charge in [0.25, 0.3) is 0 Å². The first-order valence-corrected chi connectivity index (χ1v) is 6.56. The predicted octanol–water partition coefficient (Wildman–Crippen LogP) is 4.19. The van der Waals surface area contributed by atoms with Crippen molar-refractivity contribution in [1.29, 1.82) is 0 Å². The first-order valence-electron chi connectivity index (χ1n) is 6.56. The smallest absolute Gasteiger partial charge is 0.336 e. The maximum atomic E-state index is 13.9. The minimum absolute atomic E-state index is 0.00682. The molecule has 0 bridgehead atoms. The quantitative estimate of drug-likeness (QED) is 0.772. The molecule has 0 unspecified atom stereocenters. The molecule has 0 saturated carbocycles. The van der Waals surface area contributed by atoms with Crippen LogP contribution < -0.4 is 0 Å². The lowest BCUT2D eigenvalue weighted by Gasteiger charge is -2.09. The van der Waals surface area contributed by atoms with Crippen LogP contribution in [0.1, 0.15) is 15.9 Å². The van der Waals surface area contributed by atoms with Gasteiger partial charge in [0.05, 0.1) is 16.8 Å². The molecule has 5 heteroatoms. The van der Waals surface area contributed by atoms with Crippen molar-refractivity contribution in [3.05, 3.63) is 65.2 Å². The van der Waals surface area contributed by atoms with Gasteiger partial charge in [-0.15, -0.1) is 0 Å². The molecule has 0 atom stereocenters. The average Bonchev–Trinajstić information content (AvgIpc) is 2.49. The van der Waals surface area contributed by atoms with Gasteiger partial charge in [-0.25, -0.2) is 18.6 Å². The van der Waals surface area contributed by atoms with Gasteiger partial charge < -0.3 is 5.11 Å². The number of hydrogen-bond acceptors (Lipinski definition) is 2. The van der Waals surface area contributed by atoms with Gasteiger partial charge in [-0.3, -0.25) is 0 Å². The van der Waals surface area contributed by atoms with Crippen LogP contribution in [0.25, 0.3) is 22.2 Å². The van der Waals surface area contributed by atoms with Crippen LogP contribution in [-0.4, -0.2) is 16.1 Å². The number of nitrogens with zero attached hydrogens (tertiary/aromatic N) is 1. The van der Waals surface area contributed by atoms with Gasteiger partial charge in [0.2, 0.25) is 0 Å². The van der Waals surface area contributed by atoms with E-state index in [0.717, 1.165) is 23.8 Å². The molecule has 0 saturated heterocycles. The highest BCUT2D eigenvalue weighted by atomic mass is 19.1. The Balaban J connectivity index is 2.38. The van der Waals surface area contributed by atoms with E-state index in [1.165, 1.54) is 6.07 Å². The van der Waals surface area contributed by atoms with E-state index in [2.05, 4.69) is 4.98 Å². The molecule has 0 aliphatic rings. The van der Waals surface area contributed by atoms with Crippen molar-refractivity contribution in [3.8, 4) is 11.3 Å². The molecule has 3 aromatic rings. The summed E-state index contributed by atoms with van der Waals surface area (Å²) in [6.45, 7) is 1.78. The number of aromatic carboxylic acids is 1. The van der Waals surface area contributed by atoms with Crippen molar-refractivity contribution >= 4 is 16.9 Å². The second-order valence-corrected chi connectivity index (χ2v) is 4.96. The third-order valence-electron chi connectivity index (χ3n) is 3.48. The molecule has 22 heavy (non-hydrogen) atoms. The summed E-state index contributed by atoms with van der Waals surface area (Å²) in [5.41, 5.74) is 1.26. The molecule has 2 aromatic carbocycles. The Morgan fingerprint density at radius 3 is 2.64 bits per heavy atom. The highest BCUT2D eigenvalue weighted by molar-refractivity contribution is 6.04. The van der Waals surface area contributed by atoms with Crippen LogP contribution in [0.3, 0.4) is 0 Å². The molecule has 3 rings (SSSR count). The minimum Gasteiger partial charge on any atom is -0.478 e. The van der Waals surface area contributed by atoms with Crippen molar-refractivity contribution in [2.45, 2.75) is 6.92 Å². The van der Waals surface area contributed by atoms with Crippen LogP contribution in [-0.2, 0) is 0 Å². The Hall–Kier alpha value is -2.82. The first-order chi connectivity index (χ1) is 10.5. The molecule has 0 aliphatic heterocycles. The lowest BCUT2D eigenvalue weighted by atomic mass is 10.0. The molecule has 1 aromatic heterocycles. The van der Waals surface area contributed by atoms with Crippen LogP contribution >= 0.6 is 0 Å². The second kappa shape index (κ2) is 5.18. The maximum absolute atomic E-state index is 13.9. The summed E-state index contributed by atoms with van der Waals surface area (Å²) in [4.78, 5) is 15.8. The van der Waals surface area contributed by atoms with Crippen molar-refractivity contribution in [3.63, 3.8) is 0 Å². The number of benzene rings is 2. The number of aryl methyl sites for hydroxylation is 1. The second-order valence-electron chi connectivity index (χ2n) is 4.96. The van der Waals surface area contributed by atoms with Crippen LogP contribution in [0.5, 0.6) is 0 Å². The topological polar surface area (TPSA) is 50.2 Å². The van der Waals surface area contributed by atoms with Crippen molar-refractivity contribution in [1.82, 2.24) is 4.98 Å². The van der Waals surface area contributed by atoms with Crippen molar-refractivity contribution < 1.29 is 18.7 Å². The van der Waals surface area contributed by atoms with E-state index >= 15 is 0 Å². The highest BCUT2D eigenvalue weighted by Gasteiger charge is 2.16. The molecular weight excluding hydrogens is 288 g/mol. The standard InChI is InChI=1S/C17H11F2NO2/c1-9-3-2-4-11-12(17(21)22)8-15(20-16(9)11)13-7-10(18)5-6-14(13)19/h2-8H,1H3,(H,21,22). The average molecular weight is 299 g/mol. The van der Waals surface area contributed by atoms with Crippen LogP contribution in [0.15, 0.2) is 42.5 Å². The van der Waals surface area contributed by atoms with Crippen molar-refractivity contribution in [2.24, 2.45) is 0 Å². The lowest BCUT2D eigenvalue weighted by molar-refractivity contribution is 0.0699. The summed E-state index contributed by atoms with van der Waals surface area (Å²) in [6.07, 6.45) is 0. The van der Waals surface area contributed by atoms with Gasteiger partial charge in [0.15, 0.2) is 0 Å². The fraction of sp³-hybridized carbons (Fsp3) is 0.0588. The summed E-state index contributed by atoms with van der Waals surface area (Å²) in [6, 6.07) is 9.43. The van der Waals surface area contributed by atoms with Gasteiger partial charge in [0.1, 0.15) is 11.6 Å². The molecule has 0 fully saturated rings. The minimum atomic E-state index is -1.14. The van der Waals surface area contributed by atoms with Crippen molar-refractivity contribution in [2.75, 3.05) is 0 Å². The Kier molecular flexibility index (Phi) is 3.33. The summed E-state index contributed by atoms with van der Waals surface area (Å²) < 4.78 is 27.3. The number of hydrogen-bond donors (Lipinski definition) is 1. The monoisotopic (exact) mass is 299 g/mol. The number of fused-ring (bicyclic) bond motifs is 1. The molecular formula is C17H11F2NO2. The SMILES string of the molecule is Cc1cccc2c(C(=O)O)cc(-c3cc(F)ccc3F)nc12. The number of pyridine rings is 1. The molecule has 1 heterocycles. The van der Waals surface area contributed by atoms with E-state index in [9.17, 15) is 18.7 Å². The Morgan fingerprint density at radius 2 is 1.91 bits per heavy atom. The molecule has 0 spiro atoms. The molecule has 1 N–H and O–H groups in total. The zero-order valence-corrected chi connectivity index (χ0v) is 11.6. The summed E-state index contributed by atoms with van der Waals surface area (Å²) in [5.74, 6) is -2.41.